The van der Waals surface area contributed by atoms with Gasteiger partial charge in [-0.3, -0.25) is 0 Å². The van der Waals surface area contributed by atoms with Gasteiger partial charge in [-0.15, -0.1) is 0 Å². The molecule has 0 spiro atoms. The fraction of sp³-hybridized carbons (Fsp3) is 0.286. The molecule has 1 aromatic rings. The summed E-state index contributed by atoms with van der Waals surface area (Å²) in [5, 5.41) is 3.05. The van der Waals surface area contributed by atoms with Crippen molar-refractivity contribution in [2.75, 3.05) is 14.2 Å². The normalized spacial score (nSPS) is 18.6. The van der Waals surface area contributed by atoms with Crippen LogP contribution in [0.3, 0.4) is 0 Å². The molecule has 0 radical (unpaired) electrons. The monoisotopic (exact) mass is 312 g/mol. The van der Waals surface area contributed by atoms with Crippen molar-refractivity contribution in [3.05, 3.63) is 46.7 Å². The molecule has 0 amide bonds. The summed E-state index contributed by atoms with van der Waals surface area (Å²) >= 11 is 5.13. The lowest BCUT2D eigenvalue weighted by atomic mass is 9.94. The number of esters is 1. The van der Waals surface area contributed by atoms with Crippen molar-refractivity contribution in [3.63, 3.8) is 0 Å². The molecule has 1 unspecified atom stereocenters. The summed E-state index contributed by atoms with van der Waals surface area (Å²) in [5.41, 5.74) is 0.351. The predicted molar refractivity (Wildman–Crippen MR) is 77.3 cm³/mol. The lowest BCUT2D eigenvalue weighted by Gasteiger charge is -2.35. The molecule has 0 bridgehead atoms. The van der Waals surface area contributed by atoms with Crippen LogP contribution in [0.15, 0.2) is 29.5 Å². The van der Waals surface area contributed by atoms with Gasteiger partial charge in [0.15, 0.2) is 5.11 Å². The largest absolute Gasteiger partial charge is 0.466 e. The Morgan fingerprint density at radius 2 is 1.95 bits per heavy atom. The van der Waals surface area contributed by atoms with Gasteiger partial charge in [0.05, 0.1) is 24.3 Å². The van der Waals surface area contributed by atoms with Crippen molar-refractivity contribution in [1.82, 2.24) is 10.2 Å². The first kappa shape index (κ1) is 15.4. The van der Waals surface area contributed by atoms with E-state index in [0.29, 0.717) is 5.70 Å². The lowest BCUT2D eigenvalue weighted by Crippen LogP contribution is -2.46. The second kappa shape index (κ2) is 5.77. The highest BCUT2D eigenvalue weighted by Crippen LogP contribution is 2.33. The highest BCUT2D eigenvalue weighted by molar-refractivity contribution is 7.80. The molecule has 1 atom stereocenters. The lowest BCUT2D eigenvalue weighted by molar-refractivity contribution is -0.136. The number of methoxy groups -OCH3 is 1. The standard InChI is InChI=1S/C14H14F2N2O2S/c1-7-10(13(19)20-3)12(17-14(21)18(7)2)11-8(15)5-4-6-9(11)16/h4-6,12H,1-3H3,(H,17,21). The number of benzene rings is 1. The van der Waals surface area contributed by atoms with Crippen molar-refractivity contribution < 1.29 is 18.3 Å². The van der Waals surface area contributed by atoms with Crippen molar-refractivity contribution in [2.45, 2.75) is 13.0 Å². The van der Waals surface area contributed by atoms with E-state index in [1.807, 2.05) is 0 Å². The third-order valence-corrected chi connectivity index (χ3v) is 3.84. The van der Waals surface area contributed by atoms with E-state index in [1.165, 1.54) is 13.2 Å². The molecule has 112 valence electrons. The van der Waals surface area contributed by atoms with Gasteiger partial charge in [-0.05, 0) is 31.3 Å². The van der Waals surface area contributed by atoms with Crippen molar-refractivity contribution in [1.29, 1.82) is 0 Å². The molecule has 0 saturated carbocycles. The van der Waals surface area contributed by atoms with E-state index in [9.17, 15) is 13.6 Å². The Hall–Kier alpha value is -2.02. The van der Waals surface area contributed by atoms with Crippen molar-refractivity contribution in [3.8, 4) is 0 Å². The number of allylic oxidation sites excluding steroid dienone is 1. The molecule has 1 aromatic carbocycles. The summed E-state index contributed by atoms with van der Waals surface area (Å²) in [4.78, 5) is 13.6. The SMILES string of the molecule is COC(=O)C1=C(C)N(C)C(=S)NC1c1c(F)cccc1F. The maximum Gasteiger partial charge on any atom is 0.337 e. The van der Waals surface area contributed by atoms with Gasteiger partial charge in [0.1, 0.15) is 11.6 Å². The number of carbonyl (C=O) groups is 1. The molecule has 1 aliphatic heterocycles. The topological polar surface area (TPSA) is 41.6 Å². The Labute approximate surface area is 126 Å². The third kappa shape index (κ3) is 2.61. The zero-order valence-electron chi connectivity index (χ0n) is 11.7. The van der Waals surface area contributed by atoms with E-state index < -0.39 is 23.6 Å². The van der Waals surface area contributed by atoms with E-state index in [1.54, 1.807) is 18.9 Å². The quantitative estimate of drug-likeness (QED) is 0.670. The van der Waals surface area contributed by atoms with Gasteiger partial charge in [0.25, 0.3) is 0 Å². The van der Waals surface area contributed by atoms with Gasteiger partial charge in [-0.1, -0.05) is 6.07 Å². The number of hydrogen-bond acceptors (Lipinski definition) is 3. The molecule has 7 heteroatoms. The molecule has 0 aromatic heterocycles. The van der Waals surface area contributed by atoms with Crippen LogP contribution in [0.2, 0.25) is 0 Å². The first-order chi connectivity index (χ1) is 9.88. The average Bonchev–Trinajstić information content (AvgIpc) is 2.44. The smallest absolute Gasteiger partial charge is 0.337 e. The Kier molecular flexibility index (Phi) is 4.22. The predicted octanol–water partition coefficient (Wildman–Crippen LogP) is 2.27. The van der Waals surface area contributed by atoms with Crippen LogP contribution < -0.4 is 5.32 Å². The minimum atomic E-state index is -1.03. The van der Waals surface area contributed by atoms with E-state index in [-0.39, 0.29) is 16.2 Å². The van der Waals surface area contributed by atoms with Crippen LogP contribution in [0, 0.1) is 11.6 Å². The van der Waals surface area contributed by atoms with Crippen molar-refractivity contribution >= 4 is 23.3 Å². The Bertz CT molecular complexity index is 626. The fourth-order valence-electron chi connectivity index (χ4n) is 2.21. The van der Waals surface area contributed by atoms with Gasteiger partial charge in [-0.25, -0.2) is 13.6 Å². The summed E-state index contributed by atoms with van der Waals surface area (Å²) < 4.78 is 32.8. The number of rotatable bonds is 2. The number of thiocarbonyl (C=S) groups is 1. The zero-order chi connectivity index (χ0) is 15.7. The minimum absolute atomic E-state index is 0.123. The van der Waals surface area contributed by atoms with Gasteiger partial charge >= 0.3 is 5.97 Å². The Morgan fingerprint density at radius 3 is 2.48 bits per heavy atom. The first-order valence-electron chi connectivity index (χ1n) is 6.15. The van der Waals surface area contributed by atoms with Gasteiger partial charge in [0.2, 0.25) is 0 Å². The molecule has 1 aliphatic rings. The Balaban J connectivity index is 2.65. The summed E-state index contributed by atoms with van der Waals surface area (Å²) in [7, 11) is 2.87. The van der Waals surface area contributed by atoms with Crippen LogP contribution >= 0.6 is 12.2 Å². The number of nitrogens with zero attached hydrogens (tertiary/aromatic N) is 1. The second-order valence-electron chi connectivity index (χ2n) is 4.57. The zero-order valence-corrected chi connectivity index (χ0v) is 12.6. The molecule has 0 aliphatic carbocycles. The summed E-state index contributed by atoms with van der Waals surface area (Å²) in [6, 6.07) is 2.50. The maximum absolute atomic E-state index is 14.0. The molecular formula is C14H14F2N2O2S. The van der Waals surface area contributed by atoms with Crippen LogP contribution in [0.5, 0.6) is 0 Å². The van der Waals surface area contributed by atoms with Gasteiger partial charge in [0, 0.05) is 12.7 Å². The summed E-state index contributed by atoms with van der Waals surface area (Å²) in [6.07, 6.45) is 0. The van der Waals surface area contributed by atoms with Gasteiger partial charge < -0.3 is 15.0 Å². The molecular weight excluding hydrogens is 298 g/mol. The van der Waals surface area contributed by atoms with E-state index in [4.69, 9.17) is 17.0 Å². The second-order valence-corrected chi connectivity index (χ2v) is 4.95. The van der Waals surface area contributed by atoms with Crippen LogP contribution in [0.1, 0.15) is 18.5 Å². The van der Waals surface area contributed by atoms with Crippen LogP contribution in [0.4, 0.5) is 8.78 Å². The number of carbonyl (C=O) groups excluding carboxylic acids is 1. The van der Waals surface area contributed by atoms with E-state index in [2.05, 4.69) is 5.32 Å². The fourth-order valence-corrected chi connectivity index (χ4v) is 2.47. The average molecular weight is 312 g/mol. The molecule has 0 saturated heterocycles. The molecule has 4 nitrogen and oxygen atoms in total. The van der Waals surface area contributed by atoms with Crippen LogP contribution in [0.25, 0.3) is 0 Å². The highest BCUT2D eigenvalue weighted by Gasteiger charge is 2.36. The van der Waals surface area contributed by atoms with E-state index >= 15 is 0 Å². The van der Waals surface area contributed by atoms with E-state index in [0.717, 1.165) is 12.1 Å². The molecule has 0 fully saturated rings. The summed E-state index contributed by atoms with van der Waals surface area (Å²) in [6.45, 7) is 1.64. The van der Waals surface area contributed by atoms with Crippen LogP contribution in [-0.2, 0) is 9.53 Å². The minimum Gasteiger partial charge on any atom is -0.466 e. The first-order valence-corrected chi connectivity index (χ1v) is 6.56. The Morgan fingerprint density at radius 1 is 1.38 bits per heavy atom. The molecule has 2 rings (SSSR count). The molecule has 21 heavy (non-hydrogen) atoms. The molecule has 1 heterocycles. The number of halogens is 2. The summed E-state index contributed by atoms with van der Waals surface area (Å²) in [5.74, 6) is -2.18. The van der Waals surface area contributed by atoms with Gasteiger partial charge in [-0.2, -0.15) is 0 Å². The van der Waals surface area contributed by atoms with Crippen molar-refractivity contribution in [2.24, 2.45) is 0 Å². The third-order valence-electron chi connectivity index (χ3n) is 3.45. The maximum atomic E-state index is 14.0. The molecule has 1 N–H and O–H groups in total. The number of hydrogen-bond donors (Lipinski definition) is 1. The number of ether oxygens (including phenoxy) is 1. The highest BCUT2D eigenvalue weighted by atomic mass is 32.1. The van der Waals surface area contributed by atoms with Crippen LogP contribution in [-0.4, -0.2) is 30.1 Å². The number of nitrogens with one attached hydrogen (secondary N) is 1.